The van der Waals surface area contributed by atoms with E-state index in [9.17, 15) is 4.39 Å². The van der Waals surface area contributed by atoms with Crippen molar-refractivity contribution in [2.24, 2.45) is 7.05 Å². The third-order valence-electron chi connectivity index (χ3n) is 3.50. The summed E-state index contributed by atoms with van der Waals surface area (Å²) in [6, 6.07) is 4.90. The summed E-state index contributed by atoms with van der Waals surface area (Å²) in [5, 5.41) is 4.23. The predicted octanol–water partition coefficient (Wildman–Crippen LogP) is 3.54. The fourth-order valence-corrected chi connectivity index (χ4v) is 2.76. The second-order valence-corrected chi connectivity index (χ2v) is 5.44. The Bertz CT molecular complexity index is 794. The van der Waals surface area contributed by atoms with Crippen LogP contribution in [0.3, 0.4) is 0 Å². The molecule has 3 aromatic rings. The molecule has 3 rings (SSSR count). The SMILES string of the molecule is Cn1nccc1CCn1c(CCl)nc2cc(F)c(Cl)cc21. The van der Waals surface area contributed by atoms with Gasteiger partial charge in [-0.3, -0.25) is 4.68 Å². The van der Waals surface area contributed by atoms with Crippen LogP contribution in [0.1, 0.15) is 11.5 Å². The van der Waals surface area contributed by atoms with E-state index in [1.807, 2.05) is 22.4 Å². The second kappa shape index (κ2) is 5.66. The van der Waals surface area contributed by atoms with E-state index in [-0.39, 0.29) is 10.9 Å². The molecule has 0 radical (unpaired) electrons. The molecule has 0 unspecified atom stereocenters. The van der Waals surface area contributed by atoms with Crippen molar-refractivity contribution >= 4 is 34.2 Å². The zero-order chi connectivity index (χ0) is 15.0. The fourth-order valence-electron chi connectivity index (χ4n) is 2.39. The lowest BCUT2D eigenvalue weighted by Crippen LogP contribution is -2.08. The van der Waals surface area contributed by atoms with Crippen LogP contribution in [-0.2, 0) is 25.9 Å². The van der Waals surface area contributed by atoms with E-state index >= 15 is 0 Å². The number of aryl methyl sites for hydroxylation is 3. The molecule has 0 amide bonds. The normalized spacial score (nSPS) is 11.4. The van der Waals surface area contributed by atoms with E-state index in [2.05, 4.69) is 10.1 Å². The van der Waals surface area contributed by atoms with E-state index < -0.39 is 5.82 Å². The Labute approximate surface area is 131 Å². The molecule has 1 aromatic carbocycles. The highest BCUT2D eigenvalue weighted by Crippen LogP contribution is 2.25. The molecule has 0 aliphatic rings. The topological polar surface area (TPSA) is 35.6 Å². The minimum Gasteiger partial charge on any atom is -0.327 e. The van der Waals surface area contributed by atoms with Crippen LogP contribution in [0.15, 0.2) is 24.4 Å². The zero-order valence-corrected chi connectivity index (χ0v) is 12.9. The molecular weight excluding hydrogens is 314 g/mol. The minimum atomic E-state index is -0.471. The van der Waals surface area contributed by atoms with E-state index in [1.165, 1.54) is 6.07 Å². The number of hydrogen-bond acceptors (Lipinski definition) is 2. The molecule has 0 atom stereocenters. The molecule has 0 fully saturated rings. The molecule has 0 aliphatic carbocycles. The first-order valence-corrected chi connectivity index (χ1v) is 7.38. The van der Waals surface area contributed by atoms with Crippen LogP contribution >= 0.6 is 23.2 Å². The summed E-state index contributed by atoms with van der Waals surface area (Å²) in [6.07, 6.45) is 2.54. The van der Waals surface area contributed by atoms with E-state index in [0.29, 0.717) is 17.9 Å². The largest absolute Gasteiger partial charge is 0.327 e. The van der Waals surface area contributed by atoms with Crippen LogP contribution < -0.4 is 0 Å². The molecule has 0 bridgehead atoms. The first-order chi connectivity index (χ1) is 10.1. The third kappa shape index (κ3) is 2.63. The number of nitrogens with zero attached hydrogens (tertiary/aromatic N) is 4. The quantitative estimate of drug-likeness (QED) is 0.687. The summed E-state index contributed by atoms with van der Waals surface area (Å²) in [6.45, 7) is 0.681. The highest BCUT2D eigenvalue weighted by atomic mass is 35.5. The molecule has 0 saturated heterocycles. The standard InChI is InChI=1S/C14H13Cl2FN4/c1-20-9(2-4-18-20)3-5-21-13-6-10(16)11(17)7-12(13)19-14(21)8-15/h2,4,6-7H,3,5,8H2,1H3. The van der Waals surface area contributed by atoms with Gasteiger partial charge in [0.15, 0.2) is 0 Å². The first kappa shape index (κ1) is 14.4. The number of benzene rings is 1. The summed E-state index contributed by atoms with van der Waals surface area (Å²) in [4.78, 5) is 4.37. The van der Waals surface area contributed by atoms with Crippen LogP contribution in [0.2, 0.25) is 5.02 Å². The average Bonchev–Trinajstić information content (AvgIpc) is 3.01. The number of aromatic nitrogens is 4. The summed E-state index contributed by atoms with van der Waals surface area (Å²) in [7, 11) is 1.90. The fraction of sp³-hybridized carbons (Fsp3) is 0.286. The van der Waals surface area contributed by atoms with Gasteiger partial charge in [-0.2, -0.15) is 5.10 Å². The maximum Gasteiger partial charge on any atom is 0.144 e. The van der Waals surface area contributed by atoms with Crippen molar-refractivity contribution in [2.75, 3.05) is 0 Å². The first-order valence-electron chi connectivity index (χ1n) is 6.47. The number of halogens is 3. The molecular formula is C14H13Cl2FN4. The molecule has 7 heteroatoms. The second-order valence-electron chi connectivity index (χ2n) is 4.76. The highest BCUT2D eigenvalue weighted by molar-refractivity contribution is 6.31. The Balaban J connectivity index is 2.00. The van der Waals surface area contributed by atoms with Crippen LogP contribution in [0.25, 0.3) is 11.0 Å². The van der Waals surface area contributed by atoms with E-state index in [4.69, 9.17) is 23.2 Å². The lowest BCUT2D eigenvalue weighted by Gasteiger charge is -2.08. The van der Waals surface area contributed by atoms with Gasteiger partial charge in [-0.05, 0) is 12.1 Å². The van der Waals surface area contributed by atoms with Gasteiger partial charge < -0.3 is 4.57 Å². The van der Waals surface area contributed by atoms with Gasteiger partial charge in [-0.1, -0.05) is 11.6 Å². The maximum absolute atomic E-state index is 13.5. The molecule has 2 heterocycles. The van der Waals surface area contributed by atoms with Crippen molar-refractivity contribution in [3.05, 3.63) is 46.8 Å². The number of fused-ring (bicyclic) bond motifs is 1. The Hall–Kier alpha value is -1.59. The molecule has 4 nitrogen and oxygen atoms in total. The van der Waals surface area contributed by atoms with Gasteiger partial charge in [-0.15, -0.1) is 11.6 Å². The Morgan fingerprint density at radius 2 is 2.14 bits per heavy atom. The molecule has 0 aliphatic heterocycles. The number of rotatable bonds is 4. The van der Waals surface area contributed by atoms with Crippen LogP contribution in [0, 0.1) is 5.82 Å². The van der Waals surface area contributed by atoms with Crippen molar-refractivity contribution in [1.29, 1.82) is 0 Å². The maximum atomic E-state index is 13.5. The van der Waals surface area contributed by atoms with Crippen molar-refractivity contribution < 1.29 is 4.39 Å². The van der Waals surface area contributed by atoms with Gasteiger partial charge in [0.2, 0.25) is 0 Å². The van der Waals surface area contributed by atoms with Crippen molar-refractivity contribution in [2.45, 2.75) is 18.8 Å². The summed E-state index contributed by atoms with van der Waals surface area (Å²) < 4.78 is 17.3. The van der Waals surface area contributed by atoms with Crippen molar-refractivity contribution in [3.8, 4) is 0 Å². The lowest BCUT2D eigenvalue weighted by atomic mass is 10.2. The van der Waals surface area contributed by atoms with Gasteiger partial charge in [0.25, 0.3) is 0 Å². The molecule has 21 heavy (non-hydrogen) atoms. The summed E-state index contributed by atoms with van der Waals surface area (Å²) in [5.74, 6) is 0.497. The van der Waals surface area contributed by atoms with E-state index in [1.54, 1.807) is 12.3 Å². The lowest BCUT2D eigenvalue weighted by molar-refractivity contribution is 0.627. The zero-order valence-electron chi connectivity index (χ0n) is 11.4. The highest BCUT2D eigenvalue weighted by Gasteiger charge is 2.13. The molecule has 0 saturated carbocycles. The number of imidazole rings is 1. The Kier molecular flexibility index (Phi) is 3.87. The Morgan fingerprint density at radius 1 is 1.33 bits per heavy atom. The van der Waals surface area contributed by atoms with Gasteiger partial charge in [0.05, 0.1) is 21.9 Å². The van der Waals surface area contributed by atoms with E-state index in [0.717, 1.165) is 17.6 Å². The third-order valence-corrected chi connectivity index (χ3v) is 4.03. The molecule has 2 aromatic heterocycles. The predicted molar refractivity (Wildman–Crippen MR) is 81.2 cm³/mol. The molecule has 110 valence electrons. The minimum absolute atomic E-state index is 0.0882. The van der Waals surface area contributed by atoms with Gasteiger partial charge in [0.1, 0.15) is 11.6 Å². The van der Waals surface area contributed by atoms with Gasteiger partial charge in [0, 0.05) is 38.0 Å². The van der Waals surface area contributed by atoms with Crippen LogP contribution in [-0.4, -0.2) is 19.3 Å². The monoisotopic (exact) mass is 326 g/mol. The molecule has 0 spiro atoms. The number of alkyl halides is 1. The summed E-state index contributed by atoms with van der Waals surface area (Å²) in [5.41, 5.74) is 2.46. The van der Waals surface area contributed by atoms with Crippen molar-refractivity contribution in [1.82, 2.24) is 19.3 Å². The Morgan fingerprint density at radius 3 is 2.81 bits per heavy atom. The van der Waals surface area contributed by atoms with Crippen LogP contribution in [0.5, 0.6) is 0 Å². The van der Waals surface area contributed by atoms with Crippen molar-refractivity contribution in [3.63, 3.8) is 0 Å². The van der Waals surface area contributed by atoms with Crippen LogP contribution in [0.4, 0.5) is 4.39 Å². The smallest absolute Gasteiger partial charge is 0.144 e. The molecule has 0 N–H and O–H groups in total. The van der Waals surface area contributed by atoms with Gasteiger partial charge in [-0.25, -0.2) is 9.37 Å². The van der Waals surface area contributed by atoms with Gasteiger partial charge >= 0.3 is 0 Å². The number of hydrogen-bond donors (Lipinski definition) is 0. The average molecular weight is 327 g/mol. The summed E-state index contributed by atoms with van der Waals surface area (Å²) >= 11 is 11.8.